The Kier molecular flexibility index (Phi) is 5.28. The molecule has 0 saturated heterocycles. The van der Waals surface area contributed by atoms with Crippen LogP contribution in [0.5, 0.6) is 5.75 Å². The highest BCUT2D eigenvalue weighted by atomic mass is 16.5. The molecule has 1 heterocycles. The molecule has 0 aliphatic carbocycles. The standard InChI is InChI=1S/C18H30N2O/c1-6-18(4,20(7-2)8-3)17(19-5)15-9-10-16-14(13-15)11-12-21-16/h9-10,13,17,19H,6-8,11-12H2,1-5H3. The van der Waals surface area contributed by atoms with Crippen LogP contribution in [-0.2, 0) is 6.42 Å². The molecule has 118 valence electrons. The third kappa shape index (κ3) is 2.95. The second-order valence-electron chi connectivity index (χ2n) is 6.07. The Hall–Kier alpha value is -1.06. The van der Waals surface area contributed by atoms with Crippen LogP contribution in [0.15, 0.2) is 18.2 Å². The van der Waals surface area contributed by atoms with E-state index < -0.39 is 0 Å². The first-order valence-corrected chi connectivity index (χ1v) is 8.28. The molecule has 1 aliphatic heterocycles. The third-order valence-corrected chi connectivity index (χ3v) is 5.16. The van der Waals surface area contributed by atoms with E-state index in [1.165, 1.54) is 11.1 Å². The quantitative estimate of drug-likeness (QED) is 0.833. The summed E-state index contributed by atoms with van der Waals surface area (Å²) in [6.07, 6.45) is 2.15. The number of hydrogen-bond donors (Lipinski definition) is 1. The fraction of sp³-hybridized carbons (Fsp3) is 0.667. The van der Waals surface area contributed by atoms with Crippen LogP contribution < -0.4 is 10.1 Å². The van der Waals surface area contributed by atoms with Gasteiger partial charge in [0.1, 0.15) is 5.75 Å². The molecule has 0 aromatic heterocycles. The minimum Gasteiger partial charge on any atom is -0.493 e. The summed E-state index contributed by atoms with van der Waals surface area (Å²) in [7, 11) is 2.08. The van der Waals surface area contributed by atoms with Gasteiger partial charge in [-0.15, -0.1) is 0 Å². The summed E-state index contributed by atoms with van der Waals surface area (Å²) in [5.41, 5.74) is 2.84. The minimum absolute atomic E-state index is 0.117. The zero-order valence-corrected chi connectivity index (χ0v) is 14.2. The van der Waals surface area contributed by atoms with Crippen LogP contribution in [0.2, 0.25) is 0 Å². The molecule has 0 spiro atoms. The predicted molar refractivity (Wildman–Crippen MR) is 89.1 cm³/mol. The van der Waals surface area contributed by atoms with Gasteiger partial charge in [0.25, 0.3) is 0 Å². The molecule has 0 radical (unpaired) electrons. The van der Waals surface area contributed by atoms with Crippen molar-refractivity contribution in [1.82, 2.24) is 10.2 Å². The fourth-order valence-electron chi connectivity index (χ4n) is 3.78. The molecule has 1 aromatic rings. The number of nitrogens with zero attached hydrogens (tertiary/aromatic N) is 1. The monoisotopic (exact) mass is 290 g/mol. The first-order valence-electron chi connectivity index (χ1n) is 8.28. The van der Waals surface area contributed by atoms with Gasteiger partial charge in [-0.3, -0.25) is 4.90 Å². The summed E-state index contributed by atoms with van der Waals surface area (Å²) in [6.45, 7) is 12.1. The maximum Gasteiger partial charge on any atom is 0.122 e. The molecule has 2 unspecified atom stereocenters. The number of likely N-dealkylation sites (N-methyl/N-ethyl adjacent to an activating group) is 2. The SMILES string of the molecule is CCN(CC)C(C)(CC)C(NC)c1ccc2c(c1)CCO2. The minimum atomic E-state index is 0.117. The zero-order chi connectivity index (χ0) is 15.5. The Labute approximate surface area is 129 Å². The summed E-state index contributed by atoms with van der Waals surface area (Å²) in [6, 6.07) is 7.03. The van der Waals surface area contributed by atoms with Gasteiger partial charge >= 0.3 is 0 Å². The average Bonchev–Trinajstić information content (AvgIpc) is 2.96. The van der Waals surface area contributed by atoms with Crippen molar-refractivity contribution in [2.24, 2.45) is 0 Å². The van der Waals surface area contributed by atoms with Crippen LogP contribution in [0.1, 0.15) is 51.3 Å². The average molecular weight is 290 g/mol. The van der Waals surface area contributed by atoms with E-state index in [1.54, 1.807) is 0 Å². The Bertz CT molecular complexity index is 470. The van der Waals surface area contributed by atoms with Crippen molar-refractivity contribution >= 4 is 0 Å². The largest absolute Gasteiger partial charge is 0.493 e. The number of hydrogen-bond acceptors (Lipinski definition) is 3. The van der Waals surface area contributed by atoms with E-state index in [4.69, 9.17) is 4.74 Å². The second-order valence-corrected chi connectivity index (χ2v) is 6.07. The summed E-state index contributed by atoms with van der Waals surface area (Å²) in [4.78, 5) is 2.57. The molecule has 1 aromatic carbocycles. The second kappa shape index (κ2) is 6.80. The maximum atomic E-state index is 5.64. The fourth-order valence-corrected chi connectivity index (χ4v) is 3.78. The smallest absolute Gasteiger partial charge is 0.122 e. The first-order chi connectivity index (χ1) is 10.1. The lowest BCUT2D eigenvalue weighted by Gasteiger charge is -2.46. The van der Waals surface area contributed by atoms with E-state index in [9.17, 15) is 0 Å². The first kappa shape index (κ1) is 16.3. The molecular weight excluding hydrogens is 260 g/mol. The van der Waals surface area contributed by atoms with Crippen LogP contribution >= 0.6 is 0 Å². The number of rotatable bonds is 7. The summed E-state index contributed by atoms with van der Waals surface area (Å²) in [5, 5.41) is 3.57. The summed E-state index contributed by atoms with van der Waals surface area (Å²) < 4.78 is 5.64. The molecule has 2 rings (SSSR count). The molecule has 2 atom stereocenters. The van der Waals surface area contributed by atoms with Crippen LogP contribution in [-0.4, -0.2) is 37.2 Å². The van der Waals surface area contributed by atoms with Gasteiger partial charge in [-0.2, -0.15) is 0 Å². The summed E-state index contributed by atoms with van der Waals surface area (Å²) in [5.74, 6) is 1.06. The zero-order valence-electron chi connectivity index (χ0n) is 14.2. The number of nitrogens with one attached hydrogen (secondary N) is 1. The Morgan fingerprint density at radius 2 is 2.00 bits per heavy atom. The lowest BCUT2D eigenvalue weighted by molar-refractivity contribution is 0.0728. The third-order valence-electron chi connectivity index (χ3n) is 5.16. The Morgan fingerprint density at radius 3 is 2.57 bits per heavy atom. The van der Waals surface area contributed by atoms with Crippen LogP contribution in [0.4, 0.5) is 0 Å². The lowest BCUT2D eigenvalue weighted by atomic mass is 9.82. The van der Waals surface area contributed by atoms with Crippen molar-refractivity contribution in [3.63, 3.8) is 0 Å². The molecule has 1 aliphatic rings. The van der Waals surface area contributed by atoms with Crippen LogP contribution in [0.3, 0.4) is 0 Å². The molecular formula is C18H30N2O. The van der Waals surface area contributed by atoms with E-state index in [2.05, 4.69) is 63.2 Å². The predicted octanol–water partition coefficient (Wildman–Crippen LogP) is 3.39. The topological polar surface area (TPSA) is 24.5 Å². The lowest BCUT2D eigenvalue weighted by Crippen LogP contribution is -2.53. The Balaban J connectivity index is 2.37. The van der Waals surface area contributed by atoms with Gasteiger partial charge in [0.15, 0.2) is 0 Å². The van der Waals surface area contributed by atoms with Gasteiger partial charge < -0.3 is 10.1 Å². The highest BCUT2D eigenvalue weighted by Gasteiger charge is 2.37. The van der Waals surface area contributed by atoms with Crippen molar-refractivity contribution in [3.8, 4) is 5.75 Å². The highest BCUT2D eigenvalue weighted by Crippen LogP contribution is 2.36. The van der Waals surface area contributed by atoms with Gasteiger partial charge in [-0.1, -0.05) is 32.9 Å². The van der Waals surface area contributed by atoms with Crippen molar-refractivity contribution in [3.05, 3.63) is 29.3 Å². The molecule has 21 heavy (non-hydrogen) atoms. The van der Waals surface area contributed by atoms with E-state index in [-0.39, 0.29) is 5.54 Å². The van der Waals surface area contributed by atoms with Gasteiger partial charge in [0.2, 0.25) is 0 Å². The van der Waals surface area contributed by atoms with Crippen molar-refractivity contribution in [2.45, 2.75) is 52.1 Å². The number of benzene rings is 1. The number of fused-ring (bicyclic) bond motifs is 1. The molecule has 3 nitrogen and oxygen atoms in total. The molecule has 1 N–H and O–H groups in total. The molecule has 0 amide bonds. The van der Waals surface area contributed by atoms with Crippen LogP contribution in [0, 0.1) is 0 Å². The van der Waals surface area contributed by atoms with Gasteiger partial charge in [-0.25, -0.2) is 0 Å². The van der Waals surface area contributed by atoms with E-state index in [0.717, 1.165) is 38.3 Å². The van der Waals surface area contributed by atoms with E-state index in [0.29, 0.717) is 6.04 Å². The van der Waals surface area contributed by atoms with Crippen molar-refractivity contribution in [1.29, 1.82) is 0 Å². The van der Waals surface area contributed by atoms with E-state index >= 15 is 0 Å². The normalized spacial score (nSPS) is 18.2. The molecule has 3 heteroatoms. The number of ether oxygens (including phenoxy) is 1. The molecule has 0 fully saturated rings. The van der Waals surface area contributed by atoms with Crippen molar-refractivity contribution < 1.29 is 4.74 Å². The van der Waals surface area contributed by atoms with Crippen LogP contribution in [0.25, 0.3) is 0 Å². The van der Waals surface area contributed by atoms with Crippen molar-refractivity contribution in [2.75, 3.05) is 26.7 Å². The molecule has 0 bridgehead atoms. The molecule has 0 saturated carbocycles. The van der Waals surface area contributed by atoms with Gasteiger partial charge in [0.05, 0.1) is 12.6 Å². The van der Waals surface area contributed by atoms with E-state index in [1.807, 2.05) is 0 Å². The Morgan fingerprint density at radius 1 is 1.29 bits per heavy atom. The maximum absolute atomic E-state index is 5.64. The van der Waals surface area contributed by atoms with Gasteiger partial charge in [0, 0.05) is 12.0 Å². The summed E-state index contributed by atoms with van der Waals surface area (Å²) >= 11 is 0. The van der Waals surface area contributed by atoms with Gasteiger partial charge in [-0.05, 0) is 50.7 Å². The highest BCUT2D eigenvalue weighted by molar-refractivity contribution is 5.41.